The van der Waals surface area contributed by atoms with Crippen LogP contribution in [0.2, 0.25) is 0 Å². The molecular weight excluding hydrogens is 321 g/mol. The summed E-state index contributed by atoms with van der Waals surface area (Å²) in [6, 6.07) is 10.6. The maximum Gasteiger partial charge on any atom is 0.234 e. The number of rotatable bonds is 5. The summed E-state index contributed by atoms with van der Waals surface area (Å²) in [5.74, 6) is 0.161. The molecule has 1 amide bonds. The van der Waals surface area contributed by atoms with Crippen molar-refractivity contribution in [3.8, 4) is 0 Å². The molecule has 124 valence electrons. The molecule has 2 fully saturated rings. The van der Waals surface area contributed by atoms with Crippen LogP contribution in [0.1, 0.15) is 18.4 Å². The lowest BCUT2D eigenvalue weighted by atomic mass is 9.96. The number of halogens is 2. The number of benzene rings is 1. The SMILES string of the molecule is Cl.Cl.O=C(CN1CCNCC1)NCC1(c2ccccc2)CC1. The monoisotopic (exact) mass is 345 g/mol. The van der Waals surface area contributed by atoms with Crippen molar-refractivity contribution < 1.29 is 4.79 Å². The molecule has 4 nitrogen and oxygen atoms in total. The fourth-order valence-corrected chi connectivity index (χ4v) is 2.91. The lowest BCUT2D eigenvalue weighted by Crippen LogP contribution is -2.48. The Hall–Kier alpha value is -0.810. The van der Waals surface area contributed by atoms with Gasteiger partial charge >= 0.3 is 0 Å². The Morgan fingerprint density at radius 2 is 1.77 bits per heavy atom. The Morgan fingerprint density at radius 3 is 2.36 bits per heavy atom. The Bertz CT molecular complexity index is 460. The highest BCUT2D eigenvalue weighted by Gasteiger charge is 2.44. The van der Waals surface area contributed by atoms with Crippen LogP contribution in [0.5, 0.6) is 0 Å². The number of nitrogens with zero attached hydrogens (tertiary/aromatic N) is 1. The van der Waals surface area contributed by atoms with Crippen molar-refractivity contribution in [1.82, 2.24) is 15.5 Å². The van der Waals surface area contributed by atoms with E-state index in [2.05, 4.69) is 39.8 Å². The van der Waals surface area contributed by atoms with E-state index in [0.717, 1.165) is 32.7 Å². The highest BCUT2D eigenvalue weighted by molar-refractivity contribution is 5.85. The molecule has 1 saturated heterocycles. The largest absolute Gasteiger partial charge is 0.354 e. The molecule has 6 heteroatoms. The number of piperazine rings is 1. The van der Waals surface area contributed by atoms with Gasteiger partial charge in [0, 0.05) is 38.1 Å². The molecule has 0 radical (unpaired) electrons. The molecule has 0 bridgehead atoms. The summed E-state index contributed by atoms with van der Waals surface area (Å²) in [6.45, 7) is 5.23. The van der Waals surface area contributed by atoms with E-state index in [1.165, 1.54) is 18.4 Å². The Morgan fingerprint density at radius 1 is 1.14 bits per heavy atom. The van der Waals surface area contributed by atoms with Gasteiger partial charge in [-0.2, -0.15) is 0 Å². The molecule has 2 aliphatic rings. The van der Waals surface area contributed by atoms with Gasteiger partial charge in [0.05, 0.1) is 6.54 Å². The maximum atomic E-state index is 12.0. The molecule has 2 N–H and O–H groups in total. The lowest BCUT2D eigenvalue weighted by Gasteiger charge is -2.27. The summed E-state index contributed by atoms with van der Waals surface area (Å²) < 4.78 is 0. The second-order valence-corrected chi connectivity index (χ2v) is 5.95. The maximum absolute atomic E-state index is 12.0. The van der Waals surface area contributed by atoms with Crippen molar-refractivity contribution in [3.05, 3.63) is 35.9 Å². The van der Waals surface area contributed by atoms with Crippen molar-refractivity contribution in [2.75, 3.05) is 39.3 Å². The Labute approximate surface area is 144 Å². The lowest BCUT2D eigenvalue weighted by molar-refractivity contribution is -0.122. The zero-order valence-corrected chi connectivity index (χ0v) is 14.3. The van der Waals surface area contributed by atoms with Gasteiger partial charge in [0.1, 0.15) is 0 Å². The van der Waals surface area contributed by atoms with Crippen LogP contribution in [-0.4, -0.2) is 50.1 Å². The molecule has 0 aromatic heterocycles. The van der Waals surface area contributed by atoms with E-state index in [0.29, 0.717) is 6.54 Å². The summed E-state index contributed by atoms with van der Waals surface area (Å²) >= 11 is 0. The van der Waals surface area contributed by atoms with Crippen molar-refractivity contribution in [2.24, 2.45) is 0 Å². The van der Waals surface area contributed by atoms with Crippen molar-refractivity contribution in [3.63, 3.8) is 0 Å². The number of hydrogen-bond donors (Lipinski definition) is 2. The smallest absolute Gasteiger partial charge is 0.234 e. The van der Waals surface area contributed by atoms with Gasteiger partial charge in [0.2, 0.25) is 5.91 Å². The third kappa shape index (κ3) is 4.85. The van der Waals surface area contributed by atoms with Gasteiger partial charge in [-0.3, -0.25) is 9.69 Å². The van der Waals surface area contributed by atoms with Gasteiger partial charge < -0.3 is 10.6 Å². The number of nitrogens with one attached hydrogen (secondary N) is 2. The minimum atomic E-state index is 0. The topological polar surface area (TPSA) is 44.4 Å². The second kappa shape index (κ2) is 8.73. The average molecular weight is 346 g/mol. The number of hydrogen-bond acceptors (Lipinski definition) is 3. The summed E-state index contributed by atoms with van der Waals surface area (Å²) in [6.07, 6.45) is 2.37. The Kier molecular flexibility index (Phi) is 7.63. The zero-order chi connectivity index (χ0) is 13.8. The minimum absolute atomic E-state index is 0. The van der Waals surface area contributed by atoms with Gasteiger partial charge in [0.15, 0.2) is 0 Å². The van der Waals surface area contributed by atoms with E-state index < -0.39 is 0 Å². The second-order valence-electron chi connectivity index (χ2n) is 5.95. The first-order chi connectivity index (χ1) is 9.78. The Balaban J connectivity index is 0.00000121. The van der Waals surface area contributed by atoms with E-state index >= 15 is 0 Å². The first kappa shape index (κ1) is 19.2. The molecule has 0 atom stereocenters. The molecule has 22 heavy (non-hydrogen) atoms. The van der Waals surface area contributed by atoms with Crippen LogP contribution in [0, 0.1) is 0 Å². The molecule has 1 heterocycles. The minimum Gasteiger partial charge on any atom is -0.354 e. The fourth-order valence-electron chi connectivity index (χ4n) is 2.91. The molecular formula is C16H25Cl2N3O. The molecule has 3 rings (SSSR count). The molecule has 0 spiro atoms. The standard InChI is InChI=1S/C16H23N3O.2ClH/c20-15(12-19-10-8-17-9-11-19)18-13-16(6-7-16)14-4-2-1-3-5-14;;/h1-5,17H,6-13H2,(H,18,20);2*1H. The van der Waals surface area contributed by atoms with Crippen molar-refractivity contribution in [1.29, 1.82) is 0 Å². The van der Waals surface area contributed by atoms with Gasteiger partial charge in [-0.1, -0.05) is 30.3 Å². The van der Waals surface area contributed by atoms with Crippen LogP contribution in [0.4, 0.5) is 0 Å². The summed E-state index contributed by atoms with van der Waals surface area (Å²) in [4.78, 5) is 14.3. The molecule has 1 saturated carbocycles. The summed E-state index contributed by atoms with van der Waals surface area (Å²) in [5.41, 5.74) is 1.57. The summed E-state index contributed by atoms with van der Waals surface area (Å²) in [5, 5.41) is 6.43. The van der Waals surface area contributed by atoms with Gasteiger partial charge in [0.25, 0.3) is 0 Å². The molecule has 1 aliphatic heterocycles. The van der Waals surface area contributed by atoms with Crippen LogP contribution in [0.25, 0.3) is 0 Å². The first-order valence-corrected chi connectivity index (χ1v) is 7.54. The van der Waals surface area contributed by atoms with E-state index in [1.807, 2.05) is 6.07 Å². The van der Waals surface area contributed by atoms with Gasteiger partial charge in [-0.15, -0.1) is 24.8 Å². The average Bonchev–Trinajstić information content (AvgIpc) is 3.28. The van der Waals surface area contributed by atoms with Crippen LogP contribution < -0.4 is 10.6 Å². The van der Waals surface area contributed by atoms with Gasteiger partial charge in [-0.05, 0) is 18.4 Å². The summed E-state index contributed by atoms with van der Waals surface area (Å²) in [7, 11) is 0. The molecule has 0 unspecified atom stereocenters. The van der Waals surface area contributed by atoms with Crippen LogP contribution in [0.15, 0.2) is 30.3 Å². The van der Waals surface area contributed by atoms with Crippen LogP contribution in [-0.2, 0) is 10.2 Å². The van der Waals surface area contributed by atoms with Crippen LogP contribution >= 0.6 is 24.8 Å². The zero-order valence-electron chi connectivity index (χ0n) is 12.7. The number of carbonyl (C=O) groups is 1. The number of carbonyl (C=O) groups excluding carboxylic acids is 1. The molecule has 1 aromatic rings. The van der Waals surface area contributed by atoms with Crippen molar-refractivity contribution >= 4 is 30.7 Å². The predicted molar refractivity (Wildman–Crippen MR) is 94.2 cm³/mol. The molecule has 1 aliphatic carbocycles. The third-order valence-electron chi connectivity index (χ3n) is 4.44. The van der Waals surface area contributed by atoms with E-state index in [1.54, 1.807) is 0 Å². The van der Waals surface area contributed by atoms with E-state index in [4.69, 9.17) is 0 Å². The quantitative estimate of drug-likeness (QED) is 0.851. The third-order valence-corrected chi connectivity index (χ3v) is 4.44. The normalized spacial score (nSPS) is 19.5. The highest BCUT2D eigenvalue weighted by Crippen LogP contribution is 2.47. The van der Waals surface area contributed by atoms with E-state index in [-0.39, 0.29) is 36.1 Å². The molecule has 1 aromatic carbocycles. The highest BCUT2D eigenvalue weighted by atomic mass is 35.5. The first-order valence-electron chi connectivity index (χ1n) is 7.54. The number of amides is 1. The van der Waals surface area contributed by atoms with Gasteiger partial charge in [-0.25, -0.2) is 0 Å². The van der Waals surface area contributed by atoms with E-state index in [9.17, 15) is 4.79 Å². The predicted octanol–water partition coefficient (Wildman–Crippen LogP) is 1.58. The fraction of sp³-hybridized carbons (Fsp3) is 0.562. The van der Waals surface area contributed by atoms with Crippen LogP contribution in [0.3, 0.4) is 0 Å². The van der Waals surface area contributed by atoms with Crippen molar-refractivity contribution in [2.45, 2.75) is 18.3 Å².